The molecule has 0 bridgehead atoms. The van der Waals surface area contributed by atoms with Crippen molar-refractivity contribution >= 4 is 23.8 Å². The largest absolute Gasteiger partial charge is 0.279 e. The van der Waals surface area contributed by atoms with Crippen molar-refractivity contribution in [1.82, 2.24) is 14.8 Å². The molecule has 3 nitrogen and oxygen atoms in total. The number of hydrogen-bond acceptors (Lipinski definition) is 2. The van der Waals surface area contributed by atoms with Crippen LogP contribution in [0.2, 0.25) is 5.02 Å². The third-order valence-corrected chi connectivity index (χ3v) is 4.28. The maximum absolute atomic E-state index is 6.22. The Labute approximate surface area is 139 Å². The summed E-state index contributed by atoms with van der Waals surface area (Å²) >= 11 is 11.6. The number of aryl methyl sites for hydroxylation is 2. The van der Waals surface area contributed by atoms with Crippen LogP contribution in [0.15, 0.2) is 42.5 Å². The molecule has 0 aliphatic heterocycles. The van der Waals surface area contributed by atoms with E-state index < -0.39 is 0 Å². The molecule has 3 rings (SSSR count). The van der Waals surface area contributed by atoms with Gasteiger partial charge in [0.1, 0.15) is 0 Å². The van der Waals surface area contributed by atoms with Crippen LogP contribution in [0, 0.1) is 18.6 Å². The Balaban J connectivity index is 1.98. The maximum atomic E-state index is 6.22. The van der Waals surface area contributed by atoms with Crippen molar-refractivity contribution in [3.05, 3.63) is 68.9 Å². The van der Waals surface area contributed by atoms with Crippen LogP contribution in [0.5, 0.6) is 0 Å². The van der Waals surface area contributed by atoms with Gasteiger partial charge in [0.05, 0.1) is 11.6 Å². The monoisotopic (exact) mass is 329 g/mol. The number of hydrogen-bond donors (Lipinski definition) is 1. The Morgan fingerprint density at radius 1 is 1.18 bits per heavy atom. The van der Waals surface area contributed by atoms with Gasteiger partial charge < -0.3 is 0 Å². The van der Waals surface area contributed by atoms with Gasteiger partial charge in [-0.15, -0.1) is 0 Å². The second kappa shape index (κ2) is 6.07. The topological polar surface area (TPSA) is 33.6 Å². The molecule has 0 spiro atoms. The third-order valence-electron chi connectivity index (χ3n) is 3.64. The number of nitrogens with one attached hydrogen (secondary N) is 1. The van der Waals surface area contributed by atoms with Crippen molar-refractivity contribution in [2.45, 2.75) is 20.4 Å². The first kappa shape index (κ1) is 15.0. The molecule has 22 heavy (non-hydrogen) atoms. The number of aromatic amines is 1. The zero-order chi connectivity index (χ0) is 15.7. The zero-order valence-corrected chi connectivity index (χ0v) is 14.0. The molecule has 0 amide bonds. The highest BCUT2D eigenvalue weighted by Crippen LogP contribution is 2.24. The summed E-state index contributed by atoms with van der Waals surface area (Å²) in [5.74, 6) is 0.695. The molecular formula is C17H16ClN3S. The summed E-state index contributed by atoms with van der Waals surface area (Å²) in [7, 11) is 0. The molecule has 1 heterocycles. The van der Waals surface area contributed by atoms with Gasteiger partial charge in [-0.3, -0.25) is 9.78 Å². The summed E-state index contributed by atoms with van der Waals surface area (Å²) in [6, 6.07) is 14.0. The lowest BCUT2D eigenvalue weighted by atomic mass is 10.1. The van der Waals surface area contributed by atoms with Crippen molar-refractivity contribution in [2.75, 3.05) is 0 Å². The van der Waals surface area contributed by atoms with Crippen molar-refractivity contribution < 1.29 is 0 Å². The van der Waals surface area contributed by atoms with E-state index in [1.165, 1.54) is 16.7 Å². The van der Waals surface area contributed by atoms with Crippen LogP contribution in [-0.4, -0.2) is 14.8 Å². The SMILES string of the molecule is Cc1ccc(C)c(Cn2[nH]c(-c3ccccc3Cl)nc2=S)c1. The smallest absolute Gasteiger partial charge is 0.216 e. The van der Waals surface area contributed by atoms with Gasteiger partial charge in [0.15, 0.2) is 5.82 Å². The summed E-state index contributed by atoms with van der Waals surface area (Å²) in [4.78, 5) is 4.43. The lowest BCUT2D eigenvalue weighted by Crippen LogP contribution is -2.04. The fraction of sp³-hybridized carbons (Fsp3) is 0.176. The molecule has 0 fully saturated rings. The average molecular weight is 330 g/mol. The molecule has 0 unspecified atom stereocenters. The van der Waals surface area contributed by atoms with E-state index in [-0.39, 0.29) is 0 Å². The number of rotatable bonds is 3. The van der Waals surface area contributed by atoms with Gasteiger partial charge in [0.2, 0.25) is 4.77 Å². The van der Waals surface area contributed by atoms with Crippen molar-refractivity contribution in [1.29, 1.82) is 0 Å². The molecule has 0 radical (unpaired) electrons. The van der Waals surface area contributed by atoms with Crippen molar-refractivity contribution in [3.8, 4) is 11.4 Å². The number of nitrogens with zero attached hydrogens (tertiary/aromatic N) is 2. The first-order chi connectivity index (χ1) is 10.5. The fourth-order valence-electron chi connectivity index (χ4n) is 2.38. The molecule has 2 aromatic carbocycles. The van der Waals surface area contributed by atoms with E-state index in [1.807, 2.05) is 28.9 Å². The van der Waals surface area contributed by atoms with Crippen LogP contribution in [0.4, 0.5) is 0 Å². The van der Waals surface area contributed by atoms with Crippen LogP contribution in [0.25, 0.3) is 11.4 Å². The van der Waals surface area contributed by atoms with Crippen LogP contribution >= 0.6 is 23.8 Å². The van der Waals surface area contributed by atoms with Gasteiger partial charge in [-0.25, -0.2) is 0 Å². The third kappa shape index (κ3) is 2.98. The summed E-state index contributed by atoms with van der Waals surface area (Å²) in [5, 5.41) is 3.91. The molecule has 3 aromatic rings. The van der Waals surface area contributed by atoms with E-state index in [4.69, 9.17) is 23.8 Å². The quantitative estimate of drug-likeness (QED) is 0.691. The summed E-state index contributed by atoms with van der Waals surface area (Å²) < 4.78 is 2.39. The van der Waals surface area contributed by atoms with E-state index in [2.05, 4.69) is 42.1 Å². The van der Waals surface area contributed by atoms with Crippen molar-refractivity contribution in [2.24, 2.45) is 0 Å². The first-order valence-electron chi connectivity index (χ1n) is 7.02. The minimum Gasteiger partial charge on any atom is -0.279 e. The molecule has 1 aromatic heterocycles. The van der Waals surface area contributed by atoms with Gasteiger partial charge in [0, 0.05) is 5.56 Å². The molecule has 0 saturated heterocycles. The average Bonchev–Trinajstić information content (AvgIpc) is 2.84. The highest BCUT2D eigenvalue weighted by molar-refractivity contribution is 7.71. The van der Waals surface area contributed by atoms with Gasteiger partial charge in [-0.1, -0.05) is 47.5 Å². The molecule has 5 heteroatoms. The normalized spacial score (nSPS) is 10.9. The first-order valence-corrected chi connectivity index (χ1v) is 7.81. The Bertz CT molecular complexity index is 880. The molecule has 0 aliphatic carbocycles. The Morgan fingerprint density at radius 2 is 1.95 bits per heavy atom. The molecular weight excluding hydrogens is 314 g/mol. The Hall–Kier alpha value is -1.91. The predicted molar refractivity (Wildman–Crippen MR) is 92.9 cm³/mol. The van der Waals surface area contributed by atoms with Gasteiger partial charge in [0.25, 0.3) is 0 Å². The molecule has 0 atom stereocenters. The molecule has 0 aliphatic rings. The van der Waals surface area contributed by atoms with Gasteiger partial charge in [-0.05, 0) is 49.3 Å². The zero-order valence-electron chi connectivity index (χ0n) is 12.4. The van der Waals surface area contributed by atoms with Gasteiger partial charge in [-0.2, -0.15) is 4.98 Å². The predicted octanol–water partition coefficient (Wildman–Crippen LogP) is 4.93. The number of H-pyrrole nitrogens is 1. The van der Waals surface area contributed by atoms with Crippen LogP contribution in [-0.2, 0) is 6.54 Å². The minimum absolute atomic E-state index is 0.524. The summed E-state index contributed by atoms with van der Waals surface area (Å²) in [6.45, 7) is 4.86. The van der Waals surface area contributed by atoms with E-state index >= 15 is 0 Å². The van der Waals surface area contributed by atoms with Gasteiger partial charge >= 0.3 is 0 Å². The number of benzene rings is 2. The molecule has 1 N–H and O–H groups in total. The lowest BCUT2D eigenvalue weighted by molar-refractivity contribution is 0.673. The molecule has 112 valence electrons. The van der Waals surface area contributed by atoms with Crippen LogP contribution in [0.3, 0.4) is 0 Å². The Kier molecular flexibility index (Phi) is 4.14. The van der Waals surface area contributed by atoms with E-state index in [0.717, 1.165) is 5.56 Å². The van der Waals surface area contributed by atoms with Crippen LogP contribution < -0.4 is 0 Å². The Morgan fingerprint density at radius 3 is 2.73 bits per heavy atom. The van der Waals surface area contributed by atoms with E-state index in [1.54, 1.807) is 0 Å². The van der Waals surface area contributed by atoms with E-state index in [0.29, 0.717) is 22.2 Å². The fourth-order valence-corrected chi connectivity index (χ4v) is 2.81. The van der Waals surface area contributed by atoms with Crippen molar-refractivity contribution in [3.63, 3.8) is 0 Å². The second-order valence-electron chi connectivity index (χ2n) is 5.35. The number of aromatic nitrogens is 3. The highest BCUT2D eigenvalue weighted by atomic mass is 35.5. The standard InChI is InChI=1S/C17H16ClN3S/c1-11-7-8-12(2)13(9-11)10-21-17(22)19-16(20-21)14-5-3-4-6-15(14)18/h3-9H,10H2,1-2H3,(H,19,20,22). The van der Waals surface area contributed by atoms with Crippen LogP contribution in [0.1, 0.15) is 16.7 Å². The summed E-state index contributed by atoms with van der Waals surface area (Å²) in [6.07, 6.45) is 0. The van der Waals surface area contributed by atoms with E-state index in [9.17, 15) is 0 Å². The maximum Gasteiger partial charge on any atom is 0.216 e. The summed E-state index contributed by atoms with van der Waals surface area (Å²) in [5.41, 5.74) is 4.56. The number of halogens is 1. The molecule has 0 saturated carbocycles. The highest BCUT2D eigenvalue weighted by Gasteiger charge is 2.09. The minimum atomic E-state index is 0.524. The second-order valence-corrected chi connectivity index (χ2v) is 6.12. The lowest BCUT2D eigenvalue weighted by Gasteiger charge is -2.08.